The summed E-state index contributed by atoms with van der Waals surface area (Å²) in [6.45, 7) is 5.53. The number of H-pyrrole nitrogens is 1. The van der Waals surface area contributed by atoms with Crippen LogP contribution in [0.1, 0.15) is 13.8 Å². The third kappa shape index (κ3) is 2.44. The van der Waals surface area contributed by atoms with Crippen molar-refractivity contribution < 1.29 is 4.74 Å². The van der Waals surface area contributed by atoms with Crippen molar-refractivity contribution in [1.82, 2.24) is 9.97 Å². The van der Waals surface area contributed by atoms with E-state index in [4.69, 9.17) is 4.74 Å². The standard InChI is InChI=1S/C15H13N3O.C2H6/c1-2-6-12-11(5-1)17-15(18-12)10-4-3-7-13-14(10)19-9-8-16-13;1-2/h1-7,16H,8-9H2,(H,17,18);1-2H3. The zero-order chi connectivity index (χ0) is 14.7. The van der Waals surface area contributed by atoms with Gasteiger partial charge >= 0.3 is 0 Å². The molecule has 1 aliphatic heterocycles. The number of nitrogens with zero attached hydrogens (tertiary/aromatic N) is 1. The summed E-state index contributed by atoms with van der Waals surface area (Å²) < 4.78 is 5.78. The van der Waals surface area contributed by atoms with Crippen LogP contribution in [-0.4, -0.2) is 23.1 Å². The molecule has 3 aromatic rings. The van der Waals surface area contributed by atoms with Crippen molar-refractivity contribution in [3.05, 3.63) is 42.5 Å². The molecular formula is C17H19N3O. The molecule has 4 rings (SSSR count). The zero-order valence-electron chi connectivity index (χ0n) is 12.3. The predicted molar refractivity (Wildman–Crippen MR) is 86.9 cm³/mol. The van der Waals surface area contributed by atoms with E-state index in [0.717, 1.165) is 40.4 Å². The fourth-order valence-corrected chi connectivity index (χ4v) is 2.44. The summed E-state index contributed by atoms with van der Waals surface area (Å²) in [5.74, 6) is 1.73. The SMILES string of the molecule is CC.c1cc2c(c(-c3nc4ccccc4[nH]3)c1)OCCN2. The van der Waals surface area contributed by atoms with Gasteiger partial charge in [0.05, 0.1) is 22.3 Å². The lowest BCUT2D eigenvalue weighted by Gasteiger charge is -2.20. The van der Waals surface area contributed by atoms with Crippen molar-refractivity contribution in [2.75, 3.05) is 18.5 Å². The molecule has 0 aliphatic carbocycles. The van der Waals surface area contributed by atoms with Gasteiger partial charge in [-0.2, -0.15) is 0 Å². The Morgan fingerprint density at radius 3 is 2.76 bits per heavy atom. The third-order valence-electron chi connectivity index (χ3n) is 3.32. The molecule has 0 amide bonds. The Kier molecular flexibility index (Phi) is 3.77. The summed E-state index contributed by atoms with van der Waals surface area (Å²) >= 11 is 0. The van der Waals surface area contributed by atoms with Gasteiger partial charge in [0.1, 0.15) is 12.4 Å². The van der Waals surface area contributed by atoms with E-state index in [0.29, 0.717) is 6.61 Å². The van der Waals surface area contributed by atoms with Crippen LogP contribution in [0.25, 0.3) is 22.4 Å². The highest BCUT2D eigenvalue weighted by Crippen LogP contribution is 2.37. The van der Waals surface area contributed by atoms with E-state index in [-0.39, 0.29) is 0 Å². The second kappa shape index (κ2) is 5.87. The lowest BCUT2D eigenvalue weighted by atomic mass is 10.1. The first-order chi connectivity index (χ1) is 10.4. The van der Waals surface area contributed by atoms with Crippen LogP contribution in [0.15, 0.2) is 42.5 Å². The van der Waals surface area contributed by atoms with Gasteiger partial charge in [-0.25, -0.2) is 4.98 Å². The number of hydrogen-bond donors (Lipinski definition) is 2. The highest BCUT2D eigenvalue weighted by molar-refractivity contribution is 5.83. The monoisotopic (exact) mass is 281 g/mol. The zero-order valence-corrected chi connectivity index (χ0v) is 12.3. The van der Waals surface area contributed by atoms with Crippen LogP contribution in [0.4, 0.5) is 5.69 Å². The number of hydrogen-bond acceptors (Lipinski definition) is 3. The molecule has 108 valence electrons. The van der Waals surface area contributed by atoms with E-state index < -0.39 is 0 Å². The molecule has 2 N–H and O–H groups in total. The highest BCUT2D eigenvalue weighted by Gasteiger charge is 2.17. The quantitative estimate of drug-likeness (QED) is 0.707. The van der Waals surface area contributed by atoms with E-state index in [9.17, 15) is 0 Å². The van der Waals surface area contributed by atoms with Gasteiger partial charge in [0.25, 0.3) is 0 Å². The van der Waals surface area contributed by atoms with Crippen molar-refractivity contribution >= 4 is 16.7 Å². The van der Waals surface area contributed by atoms with Crippen LogP contribution in [0.5, 0.6) is 5.75 Å². The number of aromatic nitrogens is 2. The first-order valence-electron chi connectivity index (χ1n) is 7.36. The Balaban J connectivity index is 0.000000636. The Morgan fingerprint density at radius 1 is 1.05 bits per heavy atom. The minimum absolute atomic E-state index is 0.685. The summed E-state index contributed by atoms with van der Waals surface area (Å²) in [4.78, 5) is 7.97. The van der Waals surface area contributed by atoms with Gasteiger partial charge in [0, 0.05) is 6.54 Å². The number of ether oxygens (including phenoxy) is 1. The van der Waals surface area contributed by atoms with Crippen molar-refractivity contribution in [2.45, 2.75) is 13.8 Å². The molecule has 0 saturated carbocycles. The number of fused-ring (bicyclic) bond motifs is 2. The van der Waals surface area contributed by atoms with Gasteiger partial charge in [0.15, 0.2) is 5.75 Å². The van der Waals surface area contributed by atoms with Crippen LogP contribution < -0.4 is 10.1 Å². The Bertz CT molecular complexity index is 716. The number of aromatic amines is 1. The van der Waals surface area contributed by atoms with Crippen molar-refractivity contribution in [3.8, 4) is 17.1 Å². The van der Waals surface area contributed by atoms with Crippen LogP contribution in [-0.2, 0) is 0 Å². The van der Waals surface area contributed by atoms with Gasteiger partial charge in [0.2, 0.25) is 0 Å². The van der Waals surface area contributed by atoms with Crippen molar-refractivity contribution in [2.24, 2.45) is 0 Å². The summed E-state index contributed by atoms with van der Waals surface area (Å²) in [6, 6.07) is 14.1. The van der Waals surface area contributed by atoms with Gasteiger partial charge in [-0.1, -0.05) is 32.0 Å². The van der Waals surface area contributed by atoms with E-state index in [2.05, 4.69) is 15.3 Å². The lowest BCUT2D eigenvalue weighted by molar-refractivity contribution is 0.324. The number of rotatable bonds is 1. The molecule has 0 unspecified atom stereocenters. The van der Waals surface area contributed by atoms with Crippen LogP contribution in [0.2, 0.25) is 0 Å². The van der Waals surface area contributed by atoms with E-state index >= 15 is 0 Å². The van der Waals surface area contributed by atoms with Crippen molar-refractivity contribution in [3.63, 3.8) is 0 Å². The van der Waals surface area contributed by atoms with Crippen LogP contribution in [0.3, 0.4) is 0 Å². The minimum Gasteiger partial charge on any atom is -0.489 e. The molecule has 1 aliphatic rings. The minimum atomic E-state index is 0.685. The lowest BCUT2D eigenvalue weighted by Crippen LogP contribution is -2.18. The Hall–Kier alpha value is -2.49. The summed E-state index contributed by atoms with van der Waals surface area (Å²) in [5.41, 5.74) is 4.04. The molecule has 0 spiro atoms. The van der Waals surface area contributed by atoms with Gasteiger partial charge < -0.3 is 15.0 Å². The summed E-state index contributed by atoms with van der Waals surface area (Å²) in [7, 11) is 0. The number of para-hydroxylation sites is 3. The molecule has 0 saturated heterocycles. The number of benzene rings is 2. The number of imidazole rings is 1. The number of anilines is 1. The van der Waals surface area contributed by atoms with E-state index in [1.807, 2.05) is 56.3 Å². The summed E-state index contributed by atoms with van der Waals surface area (Å²) in [6.07, 6.45) is 0. The summed E-state index contributed by atoms with van der Waals surface area (Å²) in [5, 5.41) is 3.34. The topological polar surface area (TPSA) is 49.9 Å². The molecule has 2 aromatic carbocycles. The van der Waals surface area contributed by atoms with E-state index in [1.165, 1.54) is 0 Å². The Labute approximate surface area is 124 Å². The molecule has 2 heterocycles. The Morgan fingerprint density at radius 2 is 1.90 bits per heavy atom. The molecule has 0 bridgehead atoms. The molecule has 0 radical (unpaired) electrons. The van der Waals surface area contributed by atoms with Crippen molar-refractivity contribution in [1.29, 1.82) is 0 Å². The smallest absolute Gasteiger partial charge is 0.153 e. The van der Waals surface area contributed by atoms with Gasteiger partial charge in [-0.15, -0.1) is 0 Å². The third-order valence-corrected chi connectivity index (χ3v) is 3.32. The van der Waals surface area contributed by atoms with Crippen LogP contribution >= 0.6 is 0 Å². The molecule has 0 fully saturated rings. The number of nitrogens with one attached hydrogen (secondary N) is 2. The normalized spacial score (nSPS) is 12.7. The highest BCUT2D eigenvalue weighted by atomic mass is 16.5. The van der Waals surface area contributed by atoms with Gasteiger partial charge in [-0.05, 0) is 24.3 Å². The first kappa shape index (κ1) is 13.5. The average molecular weight is 281 g/mol. The largest absolute Gasteiger partial charge is 0.489 e. The second-order valence-electron chi connectivity index (χ2n) is 4.56. The maximum Gasteiger partial charge on any atom is 0.153 e. The van der Waals surface area contributed by atoms with Gasteiger partial charge in [-0.3, -0.25) is 0 Å². The fraction of sp³-hybridized carbons (Fsp3) is 0.235. The molecule has 21 heavy (non-hydrogen) atoms. The van der Waals surface area contributed by atoms with Crippen LogP contribution in [0, 0.1) is 0 Å². The molecule has 4 heteroatoms. The molecule has 1 aromatic heterocycles. The maximum absolute atomic E-state index is 5.78. The van der Waals surface area contributed by atoms with E-state index in [1.54, 1.807) is 0 Å². The first-order valence-corrected chi connectivity index (χ1v) is 7.36. The predicted octanol–water partition coefficient (Wildman–Crippen LogP) is 4.06. The molecule has 4 nitrogen and oxygen atoms in total. The molecule has 0 atom stereocenters. The second-order valence-corrected chi connectivity index (χ2v) is 4.56. The average Bonchev–Trinajstić information content (AvgIpc) is 3.00. The fourth-order valence-electron chi connectivity index (χ4n) is 2.44. The maximum atomic E-state index is 5.78. The molecular weight excluding hydrogens is 262 g/mol.